The highest BCUT2D eigenvalue weighted by Gasteiger charge is 2.07. The number of fused-ring (bicyclic) bond motifs is 1. The van der Waals surface area contributed by atoms with E-state index in [0.29, 0.717) is 11.8 Å². The molecule has 0 saturated heterocycles. The number of pyridine rings is 1. The molecule has 2 aromatic heterocycles. The summed E-state index contributed by atoms with van der Waals surface area (Å²) in [5.74, 6) is 0.919. The molecule has 0 atom stereocenters. The summed E-state index contributed by atoms with van der Waals surface area (Å²) in [5.41, 5.74) is 7.24. The standard InChI is InChI=1S/C12H10N4O/c13-7-11-15-16-12(17-11)9-3-4-10-8(6-9)2-1-5-14-10/h1-6H,7,13H2. The van der Waals surface area contributed by atoms with E-state index in [0.717, 1.165) is 16.5 Å². The van der Waals surface area contributed by atoms with Crippen LogP contribution in [0.1, 0.15) is 5.89 Å². The van der Waals surface area contributed by atoms with Gasteiger partial charge in [-0.2, -0.15) is 0 Å². The minimum absolute atomic E-state index is 0.252. The molecule has 0 amide bonds. The lowest BCUT2D eigenvalue weighted by molar-refractivity contribution is 0.509. The molecular formula is C12H10N4O. The van der Waals surface area contributed by atoms with Gasteiger partial charge in [-0.15, -0.1) is 10.2 Å². The maximum atomic E-state index is 5.43. The molecule has 0 saturated carbocycles. The lowest BCUT2D eigenvalue weighted by atomic mass is 10.1. The Kier molecular flexibility index (Phi) is 2.31. The van der Waals surface area contributed by atoms with Crippen LogP contribution in [-0.4, -0.2) is 15.2 Å². The molecule has 2 heterocycles. The third kappa shape index (κ3) is 1.76. The normalized spacial score (nSPS) is 10.9. The molecule has 0 aliphatic heterocycles. The van der Waals surface area contributed by atoms with Gasteiger partial charge < -0.3 is 10.2 Å². The number of nitrogens with zero attached hydrogens (tertiary/aromatic N) is 3. The predicted octanol–water partition coefficient (Wildman–Crippen LogP) is 1.74. The summed E-state index contributed by atoms with van der Waals surface area (Å²) in [6, 6.07) is 9.69. The minimum atomic E-state index is 0.252. The first-order chi connectivity index (χ1) is 8.36. The Labute approximate surface area is 97.3 Å². The Balaban J connectivity index is 2.11. The van der Waals surface area contributed by atoms with Crippen molar-refractivity contribution in [1.82, 2.24) is 15.2 Å². The van der Waals surface area contributed by atoms with Gasteiger partial charge in [0.25, 0.3) is 0 Å². The highest BCUT2D eigenvalue weighted by Crippen LogP contribution is 2.22. The van der Waals surface area contributed by atoms with Crippen molar-refractivity contribution in [3.63, 3.8) is 0 Å². The van der Waals surface area contributed by atoms with Crippen LogP contribution in [0.2, 0.25) is 0 Å². The zero-order valence-electron chi connectivity index (χ0n) is 9.00. The molecule has 0 fully saturated rings. The molecule has 0 aliphatic rings. The van der Waals surface area contributed by atoms with Crippen LogP contribution >= 0.6 is 0 Å². The first-order valence-electron chi connectivity index (χ1n) is 5.24. The second-order valence-corrected chi connectivity index (χ2v) is 3.62. The molecule has 5 nitrogen and oxygen atoms in total. The van der Waals surface area contributed by atoms with Gasteiger partial charge in [0, 0.05) is 17.1 Å². The number of hydrogen-bond acceptors (Lipinski definition) is 5. The number of nitrogens with two attached hydrogens (primary N) is 1. The van der Waals surface area contributed by atoms with Crippen LogP contribution < -0.4 is 5.73 Å². The maximum absolute atomic E-state index is 5.43. The van der Waals surface area contributed by atoms with E-state index in [1.54, 1.807) is 6.20 Å². The molecule has 0 aliphatic carbocycles. The van der Waals surface area contributed by atoms with E-state index in [1.807, 2.05) is 30.3 Å². The second kappa shape index (κ2) is 3.95. The van der Waals surface area contributed by atoms with E-state index < -0.39 is 0 Å². The summed E-state index contributed by atoms with van der Waals surface area (Å²) < 4.78 is 5.40. The fraction of sp³-hybridized carbons (Fsp3) is 0.0833. The average Bonchev–Trinajstić information content (AvgIpc) is 2.87. The van der Waals surface area contributed by atoms with Crippen LogP contribution in [0.15, 0.2) is 40.9 Å². The zero-order chi connectivity index (χ0) is 11.7. The van der Waals surface area contributed by atoms with Crippen molar-refractivity contribution in [1.29, 1.82) is 0 Å². The van der Waals surface area contributed by atoms with E-state index in [4.69, 9.17) is 10.2 Å². The van der Waals surface area contributed by atoms with E-state index in [1.165, 1.54) is 0 Å². The van der Waals surface area contributed by atoms with Gasteiger partial charge in [0.2, 0.25) is 11.8 Å². The van der Waals surface area contributed by atoms with Crippen LogP contribution in [0.5, 0.6) is 0 Å². The summed E-state index contributed by atoms with van der Waals surface area (Å²) in [7, 11) is 0. The van der Waals surface area contributed by atoms with Gasteiger partial charge in [0.05, 0.1) is 12.1 Å². The van der Waals surface area contributed by atoms with Crippen LogP contribution in [0.3, 0.4) is 0 Å². The van der Waals surface area contributed by atoms with Gasteiger partial charge in [-0.25, -0.2) is 0 Å². The average molecular weight is 226 g/mol. The van der Waals surface area contributed by atoms with Gasteiger partial charge in [-0.1, -0.05) is 6.07 Å². The third-order valence-corrected chi connectivity index (χ3v) is 2.49. The molecule has 3 aromatic rings. The van der Waals surface area contributed by atoms with Gasteiger partial charge in [-0.05, 0) is 24.3 Å². The molecule has 2 N–H and O–H groups in total. The summed E-state index contributed by atoms with van der Waals surface area (Å²) in [4.78, 5) is 4.25. The summed E-state index contributed by atoms with van der Waals surface area (Å²) in [6.07, 6.45) is 1.77. The smallest absolute Gasteiger partial charge is 0.247 e. The lowest BCUT2D eigenvalue weighted by Gasteiger charge is -1.98. The molecular weight excluding hydrogens is 216 g/mol. The number of hydrogen-bond donors (Lipinski definition) is 1. The van der Waals surface area contributed by atoms with Crippen molar-refractivity contribution >= 4 is 10.9 Å². The topological polar surface area (TPSA) is 77.8 Å². The summed E-state index contributed by atoms with van der Waals surface area (Å²) >= 11 is 0. The molecule has 84 valence electrons. The molecule has 0 spiro atoms. The van der Waals surface area contributed by atoms with Crippen molar-refractivity contribution in [2.75, 3.05) is 0 Å². The first kappa shape index (κ1) is 9.92. The Morgan fingerprint density at radius 3 is 2.94 bits per heavy atom. The van der Waals surface area contributed by atoms with Gasteiger partial charge in [-0.3, -0.25) is 4.98 Å². The Hall–Kier alpha value is -2.27. The van der Waals surface area contributed by atoms with Gasteiger partial charge >= 0.3 is 0 Å². The molecule has 3 rings (SSSR count). The summed E-state index contributed by atoms with van der Waals surface area (Å²) in [5, 5.41) is 8.82. The molecule has 1 aromatic carbocycles. The summed E-state index contributed by atoms with van der Waals surface area (Å²) in [6.45, 7) is 0.252. The predicted molar refractivity (Wildman–Crippen MR) is 62.9 cm³/mol. The van der Waals surface area contributed by atoms with Gasteiger partial charge in [0.1, 0.15) is 0 Å². The lowest BCUT2D eigenvalue weighted by Crippen LogP contribution is -1.95. The van der Waals surface area contributed by atoms with Crippen molar-refractivity contribution < 1.29 is 4.42 Å². The van der Waals surface area contributed by atoms with Crippen LogP contribution in [0.25, 0.3) is 22.4 Å². The van der Waals surface area contributed by atoms with Crippen LogP contribution in [0.4, 0.5) is 0 Å². The zero-order valence-corrected chi connectivity index (χ0v) is 9.00. The van der Waals surface area contributed by atoms with Crippen LogP contribution in [0, 0.1) is 0 Å². The van der Waals surface area contributed by atoms with Gasteiger partial charge in [0.15, 0.2) is 0 Å². The fourth-order valence-electron chi connectivity index (χ4n) is 1.66. The second-order valence-electron chi connectivity index (χ2n) is 3.62. The van der Waals surface area contributed by atoms with Crippen molar-refractivity contribution in [3.05, 3.63) is 42.4 Å². The van der Waals surface area contributed by atoms with E-state index in [2.05, 4.69) is 15.2 Å². The Morgan fingerprint density at radius 2 is 2.12 bits per heavy atom. The maximum Gasteiger partial charge on any atom is 0.247 e. The molecule has 0 unspecified atom stereocenters. The van der Waals surface area contributed by atoms with E-state index >= 15 is 0 Å². The fourth-order valence-corrected chi connectivity index (χ4v) is 1.66. The monoisotopic (exact) mass is 226 g/mol. The number of aromatic nitrogens is 3. The Bertz CT molecular complexity index is 662. The highest BCUT2D eigenvalue weighted by molar-refractivity contribution is 5.82. The molecule has 5 heteroatoms. The van der Waals surface area contributed by atoms with Crippen molar-refractivity contribution in [2.24, 2.45) is 5.73 Å². The van der Waals surface area contributed by atoms with Crippen LogP contribution in [-0.2, 0) is 6.54 Å². The highest BCUT2D eigenvalue weighted by atomic mass is 16.4. The van der Waals surface area contributed by atoms with E-state index in [9.17, 15) is 0 Å². The SMILES string of the molecule is NCc1nnc(-c2ccc3ncccc3c2)o1. The molecule has 17 heavy (non-hydrogen) atoms. The molecule has 0 radical (unpaired) electrons. The first-order valence-corrected chi connectivity index (χ1v) is 5.24. The molecule has 0 bridgehead atoms. The minimum Gasteiger partial charge on any atom is -0.419 e. The quantitative estimate of drug-likeness (QED) is 0.720. The number of benzene rings is 1. The Morgan fingerprint density at radius 1 is 1.18 bits per heavy atom. The van der Waals surface area contributed by atoms with Crippen molar-refractivity contribution in [3.8, 4) is 11.5 Å². The van der Waals surface area contributed by atoms with E-state index in [-0.39, 0.29) is 6.54 Å². The largest absolute Gasteiger partial charge is 0.419 e. The number of rotatable bonds is 2. The third-order valence-electron chi connectivity index (χ3n) is 2.49. The van der Waals surface area contributed by atoms with Crippen molar-refractivity contribution in [2.45, 2.75) is 6.54 Å².